The van der Waals surface area contributed by atoms with Crippen LogP contribution in [0.25, 0.3) is 0 Å². The van der Waals surface area contributed by atoms with Crippen LogP contribution in [-0.2, 0) is 14.3 Å². The lowest BCUT2D eigenvalue weighted by atomic mass is 10.2. The molecule has 0 spiro atoms. The zero-order valence-corrected chi connectivity index (χ0v) is 17.7. The van der Waals surface area contributed by atoms with Crippen molar-refractivity contribution in [2.75, 3.05) is 34.4 Å². The second-order valence-electron chi connectivity index (χ2n) is 7.06. The molecular weight excluding hydrogens is 410 g/mol. The molecule has 2 N–H and O–H groups in total. The van der Waals surface area contributed by atoms with Crippen molar-refractivity contribution in [1.29, 1.82) is 0 Å². The summed E-state index contributed by atoms with van der Waals surface area (Å²) in [5, 5.41) is 15.2. The number of carbonyl (C=O) groups is 2. The Kier molecular flexibility index (Phi) is 6.31. The van der Waals surface area contributed by atoms with E-state index in [2.05, 4.69) is 20.8 Å². The molecule has 0 saturated carbocycles. The van der Waals surface area contributed by atoms with Crippen molar-refractivity contribution in [2.45, 2.75) is 42.7 Å². The monoisotopic (exact) mass is 433 g/mol. The van der Waals surface area contributed by atoms with Crippen molar-refractivity contribution in [3.8, 4) is 0 Å². The summed E-state index contributed by atoms with van der Waals surface area (Å²) in [5.41, 5.74) is 1.39. The predicted octanol–water partition coefficient (Wildman–Crippen LogP) is 2.99. The molecule has 1 fully saturated rings. The maximum absolute atomic E-state index is 13.0. The predicted molar refractivity (Wildman–Crippen MR) is 115 cm³/mol. The Hall–Kier alpha value is -2.17. The maximum Gasteiger partial charge on any atom is 0.237 e. The number of hydrogen-bond acceptors (Lipinski definition) is 8. The number of nitrogens with one attached hydrogen (secondary N) is 2. The Balaban J connectivity index is 1.37. The summed E-state index contributed by atoms with van der Waals surface area (Å²) in [6, 6.07) is 7.17. The molecule has 154 valence electrons. The van der Waals surface area contributed by atoms with Gasteiger partial charge in [-0.2, -0.15) is 0 Å². The number of thioether (sulfide) groups is 1. The number of benzene rings is 1. The maximum atomic E-state index is 13.0. The van der Waals surface area contributed by atoms with Gasteiger partial charge in [0, 0.05) is 25.6 Å². The molecule has 2 aliphatic heterocycles. The molecular formula is C19H23N5O3S2. The second-order valence-corrected chi connectivity index (χ2v) is 9.26. The summed E-state index contributed by atoms with van der Waals surface area (Å²) in [6.07, 6.45) is 2.67. The highest BCUT2D eigenvalue weighted by atomic mass is 32.2. The van der Waals surface area contributed by atoms with Crippen LogP contribution in [-0.4, -0.2) is 53.1 Å². The lowest BCUT2D eigenvalue weighted by Crippen LogP contribution is -2.40. The van der Waals surface area contributed by atoms with Gasteiger partial charge in [0.2, 0.25) is 16.9 Å². The second kappa shape index (κ2) is 9.10. The topological polar surface area (TPSA) is 96.5 Å². The first-order valence-electron chi connectivity index (χ1n) is 9.63. The summed E-state index contributed by atoms with van der Waals surface area (Å²) < 4.78 is 6.33. The van der Waals surface area contributed by atoms with E-state index in [4.69, 9.17) is 4.74 Å². The molecule has 2 aliphatic rings. The third-order valence-electron chi connectivity index (χ3n) is 4.86. The Labute approximate surface area is 177 Å². The van der Waals surface area contributed by atoms with Crippen molar-refractivity contribution in [2.24, 2.45) is 0 Å². The molecule has 2 amide bonds. The van der Waals surface area contributed by atoms with Crippen LogP contribution in [0, 0.1) is 0 Å². The Bertz CT molecular complexity index is 884. The van der Waals surface area contributed by atoms with E-state index in [-0.39, 0.29) is 36.1 Å². The SMILES string of the molecule is CC1CC(=O)Nc2ccccc2N1C(=O)CSc1nnc(NCC2CCCO2)s1. The minimum absolute atomic E-state index is 0.0597. The molecule has 2 aromatic rings. The lowest BCUT2D eigenvalue weighted by molar-refractivity contribution is -0.117. The van der Waals surface area contributed by atoms with Crippen molar-refractivity contribution < 1.29 is 14.3 Å². The highest BCUT2D eigenvalue weighted by Crippen LogP contribution is 2.33. The fourth-order valence-electron chi connectivity index (χ4n) is 3.51. The van der Waals surface area contributed by atoms with Crippen LogP contribution in [0.1, 0.15) is 26.2 Å². The smallest absolute Gasteiger partial charge is 0.237 e. The fraction of sp³-hybridized carbons (Fsp3) is 0.474. The average molecular weight is 434 g/mol. The Morgan fingerprint density at radius 3 is 3.10 bits per heavy atom. The van der Waals surface area contributed by atoms with Crippen LogP contribution in [0.4, 0.5) is 16.5 Å². The van der Waals surface area contributed by atoms with Gasteiger partial charge in [-0.25, -0.2) is 0 Å². The number of anilines is 3. The molecule has 0 radical (unpaired) electrons. The molecule has 29 heavy (non-hydrogen) atoms. The van der Waals surface area contributed by atoms with E-state index in [0.29, 0.717) is 5.69 Å². The van der Waals surface area contributed by atoms with E-state index in [1.807, 2.05) is 31.2 Å². The first-order valence-corrected chi connectivity index (χ1v) is 11.4. The van der Waals surface area contributed by atoms with Gasteiger partial charge in [0.25, 0.3) is 0 Å². The number of fused-ring (bicyclic) bond motifs is 1. The summed E-state index contributed by atoms with van der Waals surface area (Å²) >= 11 is 2.80. The number of rotatable bonds is 6. The highest BCUT2D eigenvalue weighted by Gasteiger charge is 2.29. The van der Waals surface area contributed by atoms with E-state index in [1.54, 1.807) is 4.90 Å². The largest absolute Gasteiger partial charge is 0.376 e. The number of amides is 2. The van der Waals surface area contributed by atoms with Crippen LogP contribution in [0.15, 0.2) is 28.6 Å². The van der Waals surface area contributed by atoms with Crippen LogP contribution in [0.5, 0.6) is 0 Å². The average Bonchev–Trinajstić information content (AvgIpc) is 3.35. The minimum atomic E-state index is -0.218. The molecule has 2 unspecified atom stereocenters. The number of ether oxygens (including phenoxy) is 1. The molecule has 4 rings (SSSR count). The van der Waals surface area contributed by atoms with Gasteiger partial charge in [-0.1, -0.05) is 35.2 Å². The molecule has 0 bridgehead atoms. The van der Waals surface area contributed by atoms with Gasteiger partial charge >= 0.3 is 0 Å². The van der Waals surface area contributed by atoms with Crippen molar-refractivity contribution >= 4 is 51.4 Å². The summed E-state index contributed by atoms with van der Waals surface area (Å²) in [6.45, 7) is 3.44. The number of para-hydroxylation sites is 2. The van der Waals surface area contributed by atoms with Crippen LogP contribution in [0.3, 0.4) is 0 Å². The molecule has 1 aromatic heterocycles. The van der Waals surface area contributed by atoms with Gasteiger partial charge in [-0.05, 0) is 31.9 Å². The zero-order valence-electron chi connectivity index (χ0n) is 16.1. The van der Waals surface area contributed by atoms with Crippen molar-refractivity contribution in [1.82, 2.24) is 10.2 Å². The third-order valence-corrected chi connectivity index (χ3v) is 6.86. The quantitative estimate of drug-likeness (QED) is 0.676. The van der Waals surface area contributed by atoms with E-state index < -0.39 is 0 Å². The number of aromatic nitrogens is 2. The number of carbonyl (C=O) groups excluding carboxylic acids is 2. The van der Waals surface area contributed by atoms with Crippen LogP contribution < -0.4 is 15.5 Å². The lowest BCUT2D eigenvalue weighted by Gasteiger charge is -2.27. The van der Waals surface area contributed by atoms with Crippen LogP contribution in [0.2, 0.25) is 0 Å². The van der Waals surface area contributed by atoms with E-state index in [1.165, 1.54) is 23.1 Å². The van der Waals surface area contributed by atoms with E-state index in [9.17, 15) is 9.59 Å². The molecule has 2 atom stereocenters. The molecule has 1 saturated heterocycles. The molecule has 10 heteroatoms. The third kappa shape index (κ3) is 4.88. The Morgan fingerprint density at radius 1 is 1.41 bits per heavy atom. The minimum Gasteiger partial charge on any atom is -0.376 e. The van der Waals surface area contributed by atoms with Crippen molar-refractivity contribution in [3.63, 3.8) is 0 Å². The first kappa shape index (κ1) is 20.1. The molecule has 1 aromatic carbocycles. The normalized spacial score (nSPS) is 21.4. The van der Waals surface area contributed by atoms with Gasteiger partial charge in [0.15, 0.2) is 4.34 Å². The number of nitrogens with zero attached hydrogens (tertiary/aromatic N) is 3. The summed E-state index contributed by atoms with van der Waals surface area (Å²) in [5.74, 6) is 0.0854. The fourth-order valence-corrected chi connectivity index (χ4v) is 5.12. The molecule has 0 aliphatic carbocycles. The summed E-state index contributed by atoms with van der Waals surface area (Å²) in [7, 11) is 0. The van der Waals surface area contributed by atoms with E-state index in [0.717, 1.165) is 41.2 Å². The standard InChI is InChI=1S/C19H23N5O3S2/c1-12-9-16(25)21-14-6-2-3-7-15(14)24(12)17(26)11-28-19-23-22-18(29-19)20-10-13-5-4-8-27-13/h2-3,6-7,12-13H,4-5,8-11H2,1H3,(H,20,22)(H,21,25). The van der Waals surface area contributed by atoms with Gasteiger partial charge < -0.3 is 20.3 Å². The Morgan fingerprint density at radius 2 is 2.28 bits per heavy atom. The highest BCUT2D eigenvalue weighted by molar-refractivity contribution is 8.01. The number of hydrogen-bond donors (Lipinski definition) is 2. The van der Waals surface area contributed by atoms with Crippen molar-refractivity contribution in [3.05, 3.63) is 24.3 Å². The van der Waals surface area contributed by atoms with E-state index >= 15 is 0 Å². The first-order chi connectivity index (χ1) is 14.1. The van der Waals surface area contributed by atoms with Gasteiger partial charge in [0.1, 0.15) is 0 Å². The summed E-state index contributed by atoms with van der Waals surface area (Å²) in [4.78, 5) is 26.8. The van der Waals surface area contributed by atoms with Crippen LogP contribution >= 0.6 is 23.1 Å². The zero-order chi connectivity index (χ0) is 20.2. The van der Waals surface area contributed by atoms with Gasteiger partial charge in [-0.15, -0.1) is 10.2 Å². The molecule has 3 heterocycles. The van der Waals surface area contributed by atoms with Gasteiger partial charge in [-0.3, -0.25) is 9.59 Å². The van der Waals surface area contributed by atoms with Gasteiger partial charge in [0.05, 0.1) is 23.2 Å². The molecule has 8 nitrogen and oxygen atoms in total.